The van der Waals surface area contributed by atoms with Crippen molar-refractivity contribution in [1.82, 2.24) is 9.88 Å². The zero-order valence-corrected chi connectivity index (χ0v) is 14.1. The Morgan fingerprint density at radius 3 is 2.75 bits per heavy atom. The number of benzene rings is 2. The summed E-state index contributed by atoms with van der Waals surface area (Å²) in [7, 11) is 0. The van der Waals surface area contributed by atoms with Gasteiger partial charge in [0.15, 0.2) is 0 Å². The van der Waals surface area contributed by atoms with Gasteiger partial charge in [0.2, 0.25) is 5.91 Å². The molecule has 3 aromatic rings. The molecule has 0 bridgehead atoms. The Hall–Kier alpha value is -2.24. The van der Waals surface area contributed by atoms with E-state index in [2.05, 4.69) is 23.1 Å². The first-order chi connectivity index (χ1) is 11.7. The molecule has 1 atom stereocenters. The molecule has 2 heterocycles. The van der Waals surface area contributed by atoms with Gasteiger partial charge in [0, 0.05) is 12.1 Å². The van der Waals surface area contributed by atoms with Crippen molar-refractivity contribution in [2.75, 3.05) is 6.54 Å². The van der Waals surface area contributed by atoms with Crippen molar-refractivity contribution in [1.29, 1.82) is 0 Å². The second-order valence-electron chi connectivity index (χ2n) is 6.21. The van der Waals surface area contributed by atoms with Crippen LogP contribution >= 0.6 is 11.3 Å². The van der Waals surface area contributed by atoms with Gasteiger partial charge in [-0.15, -0.1) is 11.3 Å². The Kier molecular flexibility index (Phi) is 4.04. The highest BCUT2D eigenvalue weighted by Gasteiger charge is 2.28. The molecular formula is C19H19N3OS. The van der Waals surface area contributed by atoms with Crippen molar-refractivity contribution in [3.8, 4) is 0 Å². The van der Waals surface area contributed by atoms with Crippen LogP contribution < -0.4 is 5.73 Å². The smallest absolute Gasteiger partial charge is 0.248 e. The number of nitrogens with two attached hydrogens (primary N) is 1. The lowest BCUT2D eigenvalue weighted by Crippen LogP contribution is -2.22. The quantitative estimate of drug-likeness (QED) is 0.789. The van der Waals surface area contributed by atoms with E-state index in [1.165, 1.54) is 21.7 Å². The molecule has 5 heteroatoms. The summed E-state index contributed by atoms with van der Waals surface area (Å²) in [5.41, 5.74) is 8.16. The number of amides is 1. The summed E-state index contributed by atoms with van der Waals surface area (Å²) in [6, 6.07) is 16.3. The van der Waals surface area contributed by atoms with E-state index in [0.29, 0.717) is 11.6 Å². The van der Waals surface area contributed by atoms with Gasteiger partial charge in [-0.2, -0.15) is 0 Å². The minimum atomic E-state index is -0.380. The molecule has 2 aromatic carbocycles. The molecule has 4 rings (SSSR count). The predicted molar refractivity (Wildman–Crippen MR) is 97.0 cm³/mol. The molecule has 0 radical (unpaired) electrons. The number of likely N-dealkylation sites (tertiary alicyclic amines) is 1. The third-order valence-electron chi connectivity index (χ3n) is 4.58. The monoisotopic (exact) mass is 337 g/mol. The largest absolute Gasteiger partial charge is 0.366 e. The molecule has 1 aliphatic rings. The van der Waals surface area contributed by atoms with Crippen LogP contribution in [0.15, 0.2) is 48.5 Å². The molecule has 1 saturated heterocycles. The molecule has 0 saturated carbocycles. The number of fused-ring (bicyclic) bond motifs is 1. The van der Waals surface area contributed by atoms with Crippen LogP contribution in [0, 0.1) is 0 Å². The normalized spacial score (nSPS) is 18.2. The van der Waals surface area contributed by atoms with E-state index in [-0.39, 0.29) is 5.91 Å². The number of rotatable bonds is 4. The molecule has 122 valence electrons. The summed E-state index contributed by atoms with van der Waals surface area (Å²) in [6.07, 6.45) is 2.35. The molecule has 0 spiro atoms. The topological polar surface area (TPSA) is 59.2 Å². The van der Waals surface area contributed by atoms with Gasteiger partial charge in [-0.05, 0) is 49.2 Å². The molecular weight excluding hydrogens is 318 g/mol. The zero-order chi connectivity index (χ0) is 16.5. The van der Waals surface area contributed by atoms with Gasteiger partial charge in [0.05, 0.1) is 16.3 Å². The van der Waals surface area contributed by atoms with Crippen molar-refractivity contribution in [3.63, 3.8) is 0 Å². The van der Waals surface area contributed by atoms with Crippen LogP contribution in [0.4, 0.5) is 0 Å². The lowest BCUT2D eigenvalue weighted by molar-refractivity contribution is 0.100. The summed E-state index contributed by atoms with van der Waals surface area (Å²) in [6.45, 7) is 1.96. The highest BCUT2D eigenvalue weighted by Crippen LogP contribution is 2.37. The molecule has 1 amide bonds. The Balaban J connectivity index is 1.55. The highest BCUT2D eigenvalue weighted by molar-refractivity contribution is 7.18. The Morgan fingerprint density at radius 2 is 2.00 bits per heavy atom. The van der Waals surface area contributed by atoms with Crippen LogP contribution in [-0.2, 0) is 6.54 Å². The van der Waals surface area contributed by atoms with Crippen LogP contribution in [0.5, 0.6) is 0 Å². The number of hydrogen-bond donors (Lipinski definition) is 1. The molecule has 1 fully saturated rings. The molecule has 1 aliphatic heterocycles. The Morgan fingerprint density at radius 1 is 1.21 bits per heavy atom. The van der Waals surface area contributed by atoms with E-state index in [0.717, 1.165) is 25.0 Å². The first kappa shape index (κ1) is 15.3. The first-order valence-corrected chi connectivity index (χ1v) is 9.00. The first-order valence-electron chi connectivity index (χ1n) is 8.19. The number of carbonyl (C=O) groups is 1. The molecule has 1 unspecified atom stereocenters. The van der Waals surface area contributed by atoms with Gasteiger partial charge in [-0.25, -0.2) is 4.98 Å². The number of hydrogen-bond acceptors (Lipinski definition) is 4. The average molecular weight is 337 g/mol. The highest BCUT2D eigenvalue weighted by atomic mass is 32.1. The van der Waals surface area contributed by atoms with Gasteiger partial charge in [0.1, 0.15) is 5.01 Å². The van der Waals surface area contributed by atoms with E-state index >= 15 is 0 Å². The van der Waals surface area contributed by atoms with Gasteiger partial charge < -0.3 is 5.73 Å². The van der Waals surface area contributed by atoms with Crippen molar-refractivity contribution in [2.24, 2.45) is 5.73 Å². The fourth-order valence-electron chi connectivity index (χ4n) is 3.34. The van der Waals surface area contributed by atoms with Gasteiger partial charge in [-0.3, -0.25) is 9.69 Å². The summed E-state index contributed by atoms with van der Waals surface area (Å²) in [5, 5.41) is 1.21. The molecule has 1 aromatic heterocycles. The van der Waals surface area contributed by atoms with Crippen LogP contribution in [0.1, 0.15) is 39.8 Å². The van der Waals surface area contributed by atoms with E-state index in [1.54, 1.807) is 23.5 Å². The summed E-state index contributed by atoms with van der Waals surface area (Å²) in [5.74, 6) is -0.380. The maximum Gasteiger partial charge on any atom is 0.248 e. The fourth-order valence-corrected chi connectivity index (χ4v) is 4.47. The third-order valence-corrected chi connectivity index (χ3v) is 5.72. The SMILES string of the molecule is NC(=O)c1ccc(CN2CCCC2c2nc3ccccc3s2)cc1. The lowest BCUT2D eigenvalue weighted by Gasteiger charge is -2.22. The number of nitrogens with zero attached hydrogens (tertiary/aromatic N) is 2. The van der Waals surface area contributed by atoms with Gasteiger partial charge >= 0.3 is 0 Å². The third kappa shape index (κ3) is 2.92. The second kappa shape index (κ2) is 6.34. The van der Waals surface area contributed by atoms with Crippen LogP contribution in [0.3, 0.4) is 0 Å². The van der Waals surface area contributed by atoms with E-state index in [4.69, 9.17) is 10.7 Å². The molecule has 24 heavy (non-hydrogen) atoms. The number of primary amides is 1. The number of aromatic nitrogens is 1. The number of carbonyl (C=O) groups excluding carboxylic acids is 1. The van der Waals surface area contributed by atoms with Crippen molar-refractivity contribution >= 4 is 27.5 Å². The number of thiazole rings is 1. The van der Waals surface area contributed by atoms with Crippen molar-refractivity contribution < 1.29 is 4.79 Å². The standard InChI is InChI=1S/C19H19N3OS/c20-18(23)14-9-7-13(8-10-14)12-22-11-3-5-16(22)19-21-15-4-1-2-6-17(15)24-19/h1-2,4,6-10,16H,3,5,11-12H2,(H2,20,23). The van der Waals surface area contributed by atoms with Gasteiger partial charge in [0.25, 0.3) is 0 Å². The minimum absolute atomic E-state index is 0.380. The summed E-state index contributed by atoms with van der Waals surface area (Å²) < 4.78 is 1.25. The number of para-hydroxylation sites is 1. The predicted octanol–water partition coefficient (Wildman–Crippen LogP) is 3.73. The van der Waals surface area contributed by atoms with Crippen LogP contribution in [-0.4, -0.2) is 22.3 Å². The maximum atomic E-state index is 11.2. The molecule has 4 nitrogen and oxygen atoms in total. The zero-order valence-electron chi connectivity index (χ0n) is 13.3. The van der Waals surface area contributed by atoms with Crippen LogP contribution in [0.25, 0.3) is 10.2 Å². The van der Waals surface area contributed by atoms with Crippen molar-refractivity contribution in [3.05, 3.63) is 64.7 Å². The lowest BCUT2D eigenvalue weighted by atomic mass is 10.1. The van der Waals surface area contributed by atoms with Crippen LogP contribution in [0.2, 0.25) is 0 Å². The molecule has 0 aliphatic carbocycles. The average Bonchev–Trinajstić information content (AvgIpc) is 3.21. The van der Waals surface area contributed by atoms with Crippen molar-refractivity contribution in [2.45, 2.75) is 25.4 Å². The summed E-state index contributed by atoms with van der Waals surface area (Å²) >= 11 is 1.80. The van der Waals surface area contributed by atoms with E-state index < -0.39 is 0 Å². The Bertz CT molecular complexity index is 839. The fraction of sp³-hybridized carbons (Fsp3) is 0.263. The van der Waals surface area contributed by atoms with Gasteiger partial charge in [-0.1, -0.05) is 24.3 Å². The Labute approximate surface area is 144 Å². The summed E-state index contributed by atoms with van der Waals surface area (Å²) in [4.78, 5) is 18.5. The second-order valence-corrected chi connectivity index (χ2v) is 7.27. The maximum absolute atomic E-state index is 11.2. The minimum Gasteiger partial charge on any atom is -0.366 e. The van der Waals surface area contributed by atoms with E-state index in [9.17, 15) is 4.79 Å². The molecule has 2 N–H and O–H groups in total. The van der Waals surface area contributed by atoms with E-state index in [1.807, 2.05) is 18.2 Å².